The number of hydrogen-bond donors (Lipinski definition) is 1. The molecule has 0 bridgehead atoms. The van der Waals surface area contributed by atoms with E-state index in [4.69, 9.17) is 22.1 Å². The lowest BCUT2D eigenvalue weighted by atomic mass is 10.9. The van der Waals surface area contributed by atoms with Crippen LogP contribution >= 0.6 is 11.6 Å². The summed E-state index contributed by atoms with van der Waals surface area (Å²) in [5.74, 6) is 0. The van der Waals surface area contributed by atoms with Gasteiger partial charge in [-0.1, -0.05) is 5.16 Å². The highest BCUT2D eigenvalue weighted by atomic mass is 35.5. The zero-order valence-electron chi connectivity index (χ0n) is 2.72. The molecule has 0 saturated heterocycles. The predicted octanol–water partition coefficient (Wildman–Crippen LogP) is 0.536. The number of oxime groups is 1. The molecule has 0 atom stereocenters. The largest absolute Gasteiger partial charge is 0.409 e. The Hall–Kier alpha value is -0.750. The molecule has 4 heteroatoms. The van der Waals surface area contributed by atoms with E-state index in [1.165, 1.54) is 6.07 Å². The topological polar surface area (TPSA) is 56.4 Å². The van der Waals surface area contributed by atoms with Crippen LogP contribution in [0.1, 0.15) is 0 Å². The Kier molecular flexibility index (Phi) is 2.17. The summed E-state index contributed by atoms with van der Waals surface area (Å²) in [6.45, 7) is 0. The molecule has 0 aliphatic heterocycles. The van der Waals surface area contributed by atoms with Gasteiger partial charge in [0, 0.05) is 0 Å². The number of nitriles is 1. The van der Waals surface area contributed by atoms with Crippen molar-refractivity contribution in [2.75, 3.05) is 0 Å². The maximum Gasteiger partial charge on any atom is 0.245 e. The van der Waals surface area contributed by atoms with Crippen LogP contribution in [-0.4, -0.2) is 10.4 Å². The Morgan fingerprint density at radius 3 is 2.50 bits per heavy atom. The van der Waals surface area contributed by atoms with Gasteiger partial charge < -0.3 is 5.21 Å². The van der Waals surface area contributed by atoms with Crippen LogP contribution in [0.2, 0.25) is 0 Å². The van der Waals surface area contributed by atoms with Crippen molar-refractivity contribution >= 4 is 16.8 Å². The third-order valence-electron chi connectivity index (χ3n) is 0.180. The van der Waals surface area contributed by atoms with Crippen molar-refractivity contribution in [3.63, 3.8) is 0 Å². The summed E-state index contributed by atoms with van der Waals surface area (Å²) >= 11 is 4.79. The third kappa shape index (κ3) is 1.56. The van der Waals surface area contributed by atoms with Gasteiger partial charge in [0.25, 0.3) is 0 Å². The van der Waals surface area contributed by atoms with Crippen LogP contribution in [0.25, 0.3) is 0 Å². The first-order chi connectivity index (χ1) is 2.81. The van der Waals surface area contributed by atoms with E-state index in [1.54, 1.807) is 0 Å². The van der Waals surface area contributed by atoms with Crippen molar-refractivity contribution in [1.82, 2.24) is 0 Å². The first kappa shape index (κ1) is 5.25. The van der Waals surface area contributed by atoms with Gasteiger partial charge in [-0.2, -0.15) is 5.26 Å². The third-order valence-corrected chi connectivity index (χ3v) is 0.340. The number of halogens is 1. The van der Waals surface area contributed by atoms with Crippen LogP contribution in [0, 0.1) is 11.3 Å². The second-order valence-electron chi connectivity index (χ2n) is 0.503. The lowest BCUT2D eigenvalue weighted by Crippen LogP contribution is -1.74. The van der Waals surface area contributed by atoms with Gasteiger partial charge in [0.1, 0.15) is 6.07 Å². The first-order valence-electron chi connectivity index (χ1n) is 1.09. The second-order valence-corrected chi connectivity index (χ2v) is 0.861. The SMILES string of the molecule is N#C/C(Cl)=N\O. The number of rotatable bonds is 0. The highest BCUT2D eigenvalue weighted by molar-refractivity contribution is 6.69. The molecule has 6 heavy (non-hydrogen) atoms. The van der Waals surface area contributed by atoms with E-state index in [0.717, 1.165) is 0 Å². The molecule has 0 radical (unpaired) electrons. The molecule has 0 amide bonds. The molecule has 32 valence electrons. The Morgan fingerprint density at radius 2 is 2.50 bits per heavy atom. The second kappa shape index (κ2) is 2.49. The maximum atomic E-state index is 7.66. The van der Waals surface area contributed by atoms with E-state index in [9.17, 15) is 0 Å². The fourth-order valence-electron chi connectivity index (χ4n) is 0.0224. The van der Waals surface area contributed by atoms with Crippen LogP contribution in [-0.2, 0) is 0 Å². The smallest absolute Gasteiger partial charge is 0.245 e. The highest BCUT2D eigenvalue weighted by Gasteiger charge is 1.81. The van der Waals surface area contributed by atoms with Crippen LogP contribution < -0.4 is 0 Å². The molecule has 0 unspecified atom stereocenters. The molecule has 0 rings (SSSR count). The van der Waals surface area contributed by atoms with E-state index < -0.39 is 5.17 Å². The Bertz CT molecular complexity index is 103. The molecular formula is C2HClN2O. The van der Waals surface area contributed by atoms with Crippen molar-refractivity contribution in [2.45, 2.75) is 0 Å². The first-order valence-corrected chi connectivity index (χ1v) is 1.46. The molecule has 1 N–H and O–H groups in total. The summed E-state index contributed by atoms with van der Waals surface area (Å²) in [4.78, 5) is 0. The van der Waals surface area contributed by atoms with E-state index in [0.29, 0.717) is 0 Å². The van der Waals surface area contributed by atoms with Gasteiger partial charge in [-0.25, -0.2) is 0 Å². The molecule has 0 heterocycles. The molecule has 0 saturated carbocycles. The van der Waals surface area contributed by atoms with Crippen molar-refractivity contribution < 1.29 is 5.21 Å². The molecule has 0 spiro atoms. The minimum atomic E-state index is -0.449. The van der Waals surface area contributed by atoms with Crippen molar-refractivity contribution in [3.05, 3.63) is 0 Å². The number of nitrogens with zero attached hydrogens (tertiary/aromatic N) is 2. The summed E-state index contributed by atoms with van der Waals surface area (Å²) < 4.78 is 0. The molecule has 0 fully saturated rings. The van der Waals surface area contributed by atoms with Gasteiger partial charge in [0.05, 0.1) is 0 Å². The maximum absolute atomic E-state index is 7.66. The van der Waals surface area contributed by atoms with Crippen molar-refractivity contribution in [1.29, 1.82) is 5.26 Å². The Balaban J connectivity index is 3.61. The quantitative estimate of drug-likeness (QED) is 0.277. The van der Waals surface area contributed by atoms with Crippen LogP contribution in [0.5, 0.6) is 0 Å². The summed E-state index contributed by atoms with van der Waals surface area (Å²) in [5.41, 5.74) is 0. The minimum Gasteiger partial charge on any atom is -0.409 e. The van der Waals surface area contributed by atoms with E-state index >= 15 is 0 Å². The molecule has 0 aliphatic carbocycles. The Morgan fingerprint density at radius 1 is 2.00 bits per heavy atom. The van der Waals surface area contributed by atoms with E-state index in [2.05, 4.69) is 5.16 Å². The van der Waals surface area contributed by atoms with E-state index in [-0.39, 0.29) is 0 Å². The van der Waals surface area contributed by atoms with Gasteiger partial charge in [-0.3, -0.25) is 0 Å². The van der Waals surface area contributed by atoms with Gasteiger partial charge in [0.15, 0.2) is 0 Å². The van der Waals surface area contributed by atoms with Crippen molar-refractivity contribution in [2.24, 2.45) is 5.16 Å². The minimum absolute atomic E-state index is 0.449. The molecule has 0 aromatic heterocycles. The predicted molar refractivity (Wildman–Crippen MR) is 20.7 cm³/mol. The molecule has 3 nitrogen and oxygen atoms in total. The molecule has 0 aliphatic rings. The summed E-state index contributed by atoms with van der Waals surface area (Å²) in [6.07, 6.45) is 0. The average molecular weight is 104 g/mol. The lowest BCUT2D eigenvalue weighted by Gasteiger charge is -1.65. The van der Waals surface area contributed by atoms with Gasteiger partial charge in [-0.15, -0.1) is 0 Å². The summed E-state index contributed by atoms with van der Waals surface area (Å²) in [7, 11) is 0. The Labute approximate surface area is 39.4 Å². The summed E-state index contributed by atoms with van der Waals surface area (Å²) in [6, 6.07) is 1.38. The zero-order valence-corrected chi connectivity index (χ0v) is 3.48. The van der Waals surface area contributed by atoms with Gasteiger partial charge in [0.2, 0.25) is 5.17 Å². The average Bonchev–Trinajstić information content (AvgIpc) is 1.65. The highest BCUT2D eigenvalue weighted by Crippen LogP contribution is 1.76. The fourth-order valence-corrected chi connectivity index (χ4v) is 0.0224. The van der Waals surface area contributed by atoms with Gasteiger partial charge in [-0.05, 0) is 11.6 Å². The van der Waals surface area contributed by atoms with Crippen LogP contribution in [0.4, 0.5) is 0 Å². The lowest BCUT2D eigenvalue weighted by molar-refractivity contribution is 0.321. The monoisotopic (exact) mass is 104 g/mol. The van der Waals surface area contributed by atoms with Crippen molar-refractivity contribution in [3.8, 4) is 6.07 Å². The van der Waals surface area contributed by atoms with Gasteiger partial charge >= 0.3 is 0 Å². The zero-order chi connectivity index (χ0) is 4.99. The van der Waals surface area contributed by atoms with Crippen LogP contribution in [0.15, 0.2) is 5.16 Å². The molecule has 0 aromatic rings. The van der Waals surface area contributed by atoms with Crippen LogP contribution in [0.3, 0.4) is 0 Å². The fraction of sp³-hybridized carbons (Fsp3) is 0. The number of hydrogen-bond acceptors (Lipinski definition) is 3. The van der Waals surface area contributed by atoms with E-state index in [1.807, 2.05) is 0 Å². The molecular weight excluding hydrogens is 103 g/mol. The molecule has 0 aromatic carbocycles. The standard InChI is InChI=1S/C2HClN2O/c3-2(1-4)5-6/h6H/b5-2+. The summed E-state index contributed by atoms with van der Waals surface area (Å²) in [5, 5.41) is 17.1. The normalized spacial score (nSPS) is 10.3.